The molecule has 0 bridgehead atoms. The van der Waals surface area contributed by atoms with E-state index in [9.17, 15) is 0 Å². The minimum absolute atomic E-state index is 0.823. The first-order valence-corrected chi connectivity index (χ1v) is 7.79. The van der Waals surface area contributed by atoms with E-state index >= 15 is 0 Å². The number of nitrogens with one attached hydrogen (secondary N) is 1. The second kappa shape index (κ2) is 7.07. The Labute approximate surface area is 125 Å². The zero-order valence-corrected chi connectivity index (χ0v) is 12.9. The van der Waals surface area contributed by atoms with Crippen molar-refractivity contribution < 1.29 is 0 Å². The van der Waals surface area contributed by atoms with Crippen molar-refractivity contribution in [2.24, 2.45) is 0 Å². The van der Waals surface area contributed by atoms with Gasteiger partial charge < -0.3 is 5.32 Å². The lowest BCUT2D eigenvalue weighted by atomic mass is 10.3. The Balaban J connectivity index is 1.80. The molecule has 18 heavy (non-hydrogen) atoms. The Morgan fingerprint density at radius 1 is 1.06 bits per heavy atom. The molecule has 1 N–H and O–H groups in total. The van der Waals surface area contributed by atoms with Crippen LogP contribution in [0, 0.1) is 0 Å². The molecule has 0 heterocycles. The fraction of sp³-hybridized carbons (Fsp3) is 0.143. The Kier molecular flexibility index (Phi) is 5.42. The monoisotopic (exact) mass is 341 g/mol. The first-order valence-electron chi connectivity index (χ1n) is 5.63. The topological polar surface area (TPSA) is 12.0 Å². The second-order valence-corrected chi connectivity index (χ2v) is 6.08. The smallest absolute Gasteiger partial charge is 0.0541 e. The highest BCUT2D eigenvalue weighted by molar-refractivity contribution is 9.10. The van der Waals surface area contributed by atoms with Crippen LogP contribution in [0.25, 0.3) is 0 Å². The maximum Gasteiger partial charge on any atom is 0.0541 e. The van der Waals surface area contributed by atoms with Crippen molar-refractivity contribution in [3.8, 4) is 0 Å². The Bertz CT molecular complexity index is 471. The fourth-order valence-electron chi connectivity index (χ4n) is 1.51. The van der Waals surface area contributed by atoms with Crippen molar-refractivity contribution in [3.05, 3.63) is 58.0 Å². The summed E-state index contributed by atoms with van der Waals surface area (Å²) < 4.78 is 1.09. The maximum absolute atomic E-state index is 6.10. The molecule has 0 saturated carbocycles. The van der Waals surface area contributed by atoms with E-state index in [0.29, 0.717) is 0 Å². The molecule has 0 aliphatic heterocycles. The van der Waals surface area contributed by atoms with Gasteiger partial charge in [-0.3, -0.25) is 0 Å². The van der Waals surface area contributed by atoms with Crippen LogP contribution in [0.4, 0.5) is 5.69 Å². The van der Waals surface area contributed by atoms with Crippen LogP contribution in [-0.4, -0.2) is 12.3 Å². The molecule has 2 aromatic rings. The third kappa shape index (κ3) is 3.94. The molecule has 2 rings (SSSR count). The minimum atomic E-state index is 0.823. The Morgan fingerprint density at radius 2 is 1.78 bits per heavy atom. The molecule has 0 aromatic heterocycles. The van der Waals surface area contributed by atoms with Gasteiger partial charge in [0.25, 0.3) is 0 Å². The van der Waals surface area contributed by atoms with Gasteiger partial charge in [0, 0.05) is 27.4 Å². The third-order valence-electron chi connectivity index (χ3n) is 2.39. The molecular formula is C14H13BrClNS. The lowest BCUT2D eigenvalue weighted by Gasteiger charge is -2.08. The second-order valence-electron chi connectivity index (χ2n) is 3.69. The van der Waals surface area contributed by atoms with Crippen molar-refractivity contribution in [2.75, 3.05) is 17.6 Å². The van der Waals surface area contributed by atoms with Crippen molar-refractivity contribution in [2.45, 2.75) is 4.90 Å². The molecule has 0 amide bonds. The van der Waals surface area contributed by atoms with E-state index < -0.39 is 0 Å². The largest absolute Gasteiger partial charge is 0.383 e. The third-order valence-corrected chi connectivity index (χ3v) is 4.59. The van der Waals surface area contributed by atoms with E-state index in [1.807, 2.05) is 42.5 Å². The molecular weight excluding hydrogens is 330 g/mol. The number of hydrogen-bond acceptors (Lipinski definition) is 2. The zero-order valence-electron chi connectivity index (χ0n) is 9.70. The molecule has 0 radical (unpaired) electrons. The Hall–Kier alpha value is -0.640. The quantitative estimate of drug-likeness (QED) is 0.584. The van der Waals surface area contributed by atoms with Gasteiger partial charge in [0.15, 0.2) is 0 Å². The summed E-state index contributed by atoms with van der Waals surface area (Å²) in [6, 6.07) is 16.0. The van der Waals surface area contributed by atoms with Gasteiger partial charge in [-0.2, -0.15) is 0 Å². The van der Waals surface area contributed by atoms with E-state index in [-0.39, 0.29) is 0 Å². The van der Waals surface area contributed by atoms with Crippen LogP contribution in [0.3, 0.4) is 0 Å². The molecule has 2 aromatic carbocycles. The number of halogens is 2. The van der Waals surface area contributed by atoms with Gasteiger partial charge in [-0.05, 0) is 40.2 Å². The van der Waals surface area contributed by atoms with E-state index in [1.165, 1.54) is 0 Å². The van der Waals surface area contributed by atoms with Gasteiger partial charge in [0.2, 0.25) is 0 Å². The van der Waals surface area contributed by atoms with Gasteiger partial charge in [0.1, 0.15) is 0 Å². The SMILES string of the molecule is Clc1ccccc1SCCNc1ccccc1Br. The average Bonchev–Trinajstić information content (AvgIpc) is 2.38. The summed E-state index contributed by atoms with van der Waals surface area (Å²) in [7, 11) is 0. The van der Waals surface area contributed by atoms with E-state index in [2.05, 4.69) is 27.3 Å². The standard InChI is InChI=1S/C14H13BrClNS/c15-11-5-1-3-7-13(11)17-9-10-18-14-8-4-2-6-12(14)16/h1-8,17H,9-10H2. The molecule has 0 aliphatic carbocycles. The first kappa shape index (κ1) is 13.8. The lowest BCUT2D eigenvalue weighted by molar-refractivity contribution is 1.22. The molecule has 0 spiro atoms. The predicted molar refractivity (Wildman–Crippen MR) is 84.8 cm³/mol. The van der Waals surface area contributed by atoms with Crippen molar-refractivity contribution in [3.63, 3.8) is 0 Å². The van der Waals surface area contributed by atoms with Gasteiger partial charge >= 0.3 is 0 Å². The Morgan fingerprint density at radius 3 is 2.56 bits per heavy atom. The van der Waals surface area contributed by atoms with Crippen molar-refractivity contribution in [1.29, 1.82) is 0 Å². The molecule has 0 aliphatic rings. The van der Waals surface area contributed by atoms with Crippen LogP contribution in [0.2, 0.25) is 5.02 Å². The molecule has 94 valence electrons. The minimum Gasteiger partial charge on any atom is -0.383 e. The number of anilines is 1. The molecule has 4 heteroatoms. The molecule has 0 atom stereocenters. The van der Waals surface area contributed by atoms with Crippen LogP contribution in [0.15, 0.2) is 57.9 Å². The lowest BCUT2D eigenvalue weighted by Crippen LogP contribution is -2.04. The fourth-order valence-corrected chi connectivity index (χ4v) is 3.04. The van der Waals surface area contributed by atoms with Crippen LogP contribution in [0.5, 0.6) is 0 Å². The summed E-state index contributed by atoms with van der Waals surface area (Å²) in [6.07, 6.45) is 0. The van der Waals surface area contributed by atoms with Crippen LogP contribution in [0.1, 0.15) is 0 Å². The number of para-hydroxylation sites is 1. The number of thioether (sulfide) groups is 1. The highest BCUT2D eigenvalue weighted by Gasteiger charge is 2.00. The highest BCUT2D eigenvalue weighted by atomic mass is 79.9. The highest BCUT2D eigenvalue weighted by Crippen LogP contribution is 2.26. The van der Waals surface area contributed by atoms with Gasteiger partial charge in [0.05, 0.1) is 5.02 Å². The average molecular weight is 343 g/mol. The van der Waals surface area contributed by atoms with Crippen LogP contribution in [-0.2, 0) is 0 Å². The normalized spacial score (nSPS) is 10.3. The summed E-state index contributed by atoms with van der Waals surface area (Å²) in [5, 5.41) is 4.21. The molecule has 1 nitrogen and oxygen atoms in total. The van der Waals surface area contributed by atoms with Crippen molar-refractivity contribution >= 4 is 45.0 Å². The van der Waals surface area contributed by atoms with E-state index in [1.54, 1.807) is 11.8 Å². The maximum atomic E-state index is 6.10. The number of benzene rings is 2. The summed E-state index contributed by atoms with van der Waals surface area (Å²) in [6.45, 7) is 0.901. The summed E-state index contributed by atoms with van der Waals surface area (Å²) in [4.78, 5) is 1.13. The molecule has 0 fully saturated rings. The predicted octanol–water partition coefficient (Wildman–Crippen LogP) is 5.31. The number of rotatable bonds is 5. The first-order chi connectivity index (χ1) is 8.77. The van der Waals surface area contributed by atoms with Crippen LogP contribution >= 0.6 is 39.3 Å². The summed E-state index contributed by atoms with van der Waals surface area (Å²) in [5.74, 6) is 0.977. The zero-order chi connectivity index (χ0) is 12.8. The van der Waals surface area contributed by atoms with E-state index in [4.69, 9.17) is 11.6 Å². The van der Waals surface area contributed by atoms with Gasteiger partial charge in [-0.1, -0.05) is 35.9 Å². The number of hydrogen-bond donors (Lipinski definition) is 1. The van der Waals surface area contributed by atoms with E-state index in [0.717, 1.165) is 32.4 Å². The van der Waals surface area contributed by atoms with Gasteiger partial charge in [-0.15, -0.1) is 11.8 Å². The van der Waals surface area contributed by atoms with Gasteiger partial charge in [-0.25, -0.2) is 0 Å². The van der Waals surface area contributed by atoms with Crippen LogP contribution < -0.4 is 5.32 Å². The van der Waals surface area contributed by atoms with Crippen molar-refractivity contribution in [1.82, 2.24) is 0 Å². The summed E-state index contributed by atoms with van der Waals surface area (Å²) in [5.41, 5.74) is 1.12. The molecule has 0 saturated heterocycles. The summed E-state index contributed by atoms with van der Waals surface area (Å²) >= 11 is 11.4. The molecule has 0 unspecified atom stereocenters.